The zero-order valence-corrected chi connectivity index (χ0v) is 10.9. The van der Waals surface area contributed by atoms with Crippen LogP contribution in [0.1, 0.15) is 38.2 Å². The first-order chi connectivity index (χ1) is 8.24. The first kappa shape index (κ1) is 13.9. The quantitative estimate of drug-likeness (QED) is 0.430. The summed E-state index contributed by atoms with van der Waals surface area (Å²) in [6.07, 6.45) is 3.97. The summed E-state index contributed by atoms with van der Waals surface area (Å²) in [4.78, 5) is 0. The van der Waals surface area contributed by atoms with Gasteiger partial charge in [0, 0.05) is 12.0 Å². The zero-order valence-electron chi connectivity index (χ0n) is 10.9. The van der Waals surface area contributed by atoms with Gasteiger partial charge in [-0.25, -0.2) is 0 Å². The predicted molar refractivity (Wildman–Crippen MR) is 74.6 cm³/mol. The second-order valence-corrected chi connectivity index (χ2v) is 4.62. The number of rotatable bonds is 7. The molecule has 2 nitrogen and oxygen atoms in total. The van der Waals surface area contributed by atoms with Crippen LogP contribution in [0.15, 0.2) is 43.0 Å². The van der Waals surface area contributed by atoms with Crippen LogP contribution in [0.3, 0.4) is 0 Å². The lowest BCUT2D eigenvalue weighted by atomic mass is 9.79. The summed E-state index contributed by atoms with van der Waals surface area (Å²) >= 11 is 0. The van der Waals surface area contributed by atoms with Gasteiger partial charge in [-0.05, 0) is 17.9 Å². The molecule has 17 heavy (non-hydrogen) atoms. The minimum atomic E-state index is 0.254. The molecule has 0 aliphatic carbocycles. The average molecular weight is 232 g/mol. The summed E-state index contributed by atoms with van der Waals surface area (Å²) in [5, 5.41) is 0. The molecule has 0 saturated heterocycles. The maximum absolute atomic E-state index is 5.69. The number of benzene rings is 1. The number of nitrogens with one attached hydrogen (secondary N) is 1. The fourth-order valence-electron chi connectivity index (χ4n) is 2.38. The molecule has 1 rings (SSSR count). The van der Waals surface area contributed by atoms with Crippen LogP contribution in [0.2, 0.25) is 0 Å². The van der Waals surface area contributed by atoms with E-state index >= 15 is 0 Å². The average Bonchev–Trinajstić information content (AvgIpc) is 2.39. The summed E-state index contributed by atoms with van der Waals surface area (Å²) in [6.45, 7) is 8.32. The molecule has 2 heteroatoms. The maximum Gasteiger partial charge on any atom is 0.0316 e. The van der Waals surface area contributed by atoms with Crippen LogP contribution in [-0.2, 0) is 0 Å². The van der Waals surface area contributed by atoms with Gasteiger partial charge in [0.2, 0.25) is 0 Å². The Balaban J connectivity index is 2.98. The molecule has 3 atom stereocenters. The molecular weight excluding hydrogens is 208 g/mol. The van der Waals surface area contributed by atoms with E-state index in [1.165, 1.54) is 5.56 Å². The number of hydrazine groups is 1. The van der Waals surface area contributed by atoms with Gasteiger partial charge in [-0.1, -0.05) is 56.7 Å². The molecule has 3 N–H and O–H groups in total. The Kier molecular flexibility index (Phi) is 5.95. The van der Waals surface area contributed by atoms with E-state index in [1.807, 2.05) is 6.08 Å². The summed E-state index contributed by atoms with van der Waals surface area (Å²) in [5.74, 6) is 6.72. The van der Waals surface area contributed by atoms with Crippen molar-refractivity contribution in [3.8, 4) is 0 Å². The number of hydrogen-bond acceptors (Lipinski definition) is 2. The third-order valence-electron chi connectivity index (χ3n) is 3.51. The van der Waals surface area contributed by atoms with Crippen LogP contribution in [-0.4, -0.2) is 6.04 Å². The molecule has 0 heterocycles. The van der Waals surface area contributed by atoms with Crippen molar-refractivity contribution in [2.75, 3.05) is 0 Å². The second kappa shape index (κ2) is 7.25. The van der Waals surface area contributed by atoms with Crippen LogP contribution in [0.5, 0.6) is 0 Å². The topological polar surface area (TPSA) is 38.0 Å². The Hall–Kier alpha value is -1.12. The van der Waals surface area contributed by atoms with Crippen molar-refractivity contribution < 1.29 is 0 Å². The van der Waals surface area contributed by atoms with Gasteiger partial charge in [-0.2, -0.15) is 0 Å². The fourth-order valence-corrected chi connectivity index (χ4v) is 2.38. The summed E-state index contributed by atoms with van der Waals surface area (Å²) in [6, 6.07) is 10.9. The number of hydrogen-bond donors (Lipinski definition) is 2. The van der Waals surface area contributed by atoms with Crippen LogP contribution < -0.4 is 11.3 Å². The molecule has 0 fully saturated rings. The van der Waals surface area contributed by atoms with Crippen molar-refractivity contribution in [1.29, 1.82) is 0 Å². The molecule has 0 spiro atoms. The van der Waals surface area contributed by atoms with Gasteiger partial charge in [0.05, 0.1) is 0 Å². The molecule has 0 bridgehead atoms. The monoisotopic (exact) mass is 232 g/mol. The Morgan fingerprint density at radius 3 is 2.47 bits per heavy atom. The number of nitrogens with two attached hydrogens (primary N) is 1. The van der Waals surface area contributed by atoms with E-state index in [0.29, 0.717) is 11.8 Å². The fraction of sp³-hybridized carbons (Fsp3) is 0.467. The molecule has 0 radical (unpaired) electrons. The van der Waals surface area contributed by atoms with E-state index < -0.39 is 0 Å². The molecule has 1 aromatic carbocycles. The third kappa shape index (κ3) is 3.69. The smallest absolute Gasteiger partial charge is 0.0316 e. The van der Waals surface area contributed by atoms with Crippen molar-refractivity contribution in [1.82, 2.24) is 5.43 Å². The lowest BCUT2D eigenvalue weighted by Gasteiger charge is -2.31. The molecular formula is C15H24N2. The van der Waals surface area contributed by atoms with E-state index in [4.69, 9.17) is 5.84 Å². The van der Waals surface area contributed by atoms with E-state index in [9.17, 15) is 0 Å². The van der Waals surface area contributed by atoms with Crippen molar-refractivity contribution in [2.45, 2.75) is 38.6 Å². The van der Waals surface area contributed by atoms with Gasteiger partial charge in [0.1, 0.15) is 0 Å². The molecule has 0 aliphatic heterocycles. The Morgan fingerprint density at radius 2 is 2.00 bits per heavy atom. The molecule has 0 amide bonds. The van der Waals surface area contributed by atoms with Gasteiger partial charge >= 0.3 is 0 Å². The SMILES string of the molecule is C=CCC(NN)C(c1ccccc1)C(C)CC. The minimum Gasteiger partial charge on any atom is -0.271 e. The lowest BCUT2D eigenvalue weighted by Crippen LogP contribution is -2.41. The summed E-state index contributed by atoms with van der Waals surface area (Å²) in [5.41, 5.74) is 4.30. The van der Waals surface area contributed by atoms with Gasteiger partial charge in [0.15, 0.2) is 0 Å². The Bertz CT molecular complexity index is 321. The van der Waals surface area contributed by atoms with Crippen LogP contribution in [0.25, 0.3) is 0 Å². The molecule has 1 aromatic rings. The first-order valence-corrected chi connectivity index (χ1v) is 6.36. The van der Waals surface area contributed by atoms with Gasteiger partial charge < -0.3 is 0 Å². The van der Waals surface area contributed by atoms with Gasteiger partial charge in [0.25, 0.3) is 0 Å². The first-order valence-electron chi connectivity index (χ1n) is 6.36. The lowest BCUT2D eigenvalue weighted by molar-refractivity contribution is 0.338. The third-order valence-corrected chi connectivity index (χ3v) is 3.51. The van der Waals surface area contributed by atoms with Crippen molar-refractivity contribution in [3.63, 3.8) is 0 Å². The molecule has 94 valence electrons. The largest absolute Gasteiger partial charge is 0.271 e. The van der Waals surface area contributed by atoms with E-state index in [1.54, 1.807) is 0 Å². The minimum absolute atomic E-state index is 0.254. The van der Waals surface area contributed by atoms with Gasteiger partial charge in [-0.3, -0.25) is 11.3 Å². The highest BCUT2D eigenvalue weighted by molar-refractivity contribution is 5.22. The highest BCUT2D eigenvalue weighted by Gasteiger charge is 2.25. The van der Waals surface area contributed by atoms with Crippen molar-refractivity contribution >= 4 is 0 Å². The van der Waals surface area contributed by atoms with E-state index in [-0.39, 0.29) is 6.04 Å². The van der Waals surface area contributed by atoms with Gasteiger partial charge in [-0.15, -0.1) is 6.58 Å². The highest BCUT2D eigenvalue weighted by Crippen LogP contribution is 2.31. The van der Waals surface area contributed by atoms with Crippen LogP contribution in [0, 0.1) is 5.92 Å². The molecule has 0 aliphatic rings. The molecule has 0 aromatic heterocycles. The van der Waals surface area contributed by atoms with Crippen LogP contribution in [0.4, 0.5) is 0 Å². The Morgan fingerprint density at radius 1 is 1.35 bits per heavy atom. The maximum atomic E-state index is 5.69. The van der Waals surface area contributed by atoms with E-state index in [2.05, 4.69) is 56.2 Å². The van der Waals surface area contributed by atoms with Crippen molar-refractivity contribution in [2.24, 2.45) is 11.8 Å². The molecule has 3 unspecified atom stereocenters. The Labute approximate surface area is 105 Å². The van der Waals surface area contributed by atoms with Crippen LogP contribution >= 0.6 is 0 Å². The highest BCUT2D eigenvalue weighted by atomic mass is 15.2. The molecule has 0 saturated carbocycles. The van der Waals surface area contributed by atoms with E-state index in [0.717, 1.165) is 12.8 Å². The normalized spacial score (nSPS) is 16.2. The standard InChI is InChI=1S/C15H24N2/c1-4-9-14(17-16)15(12(3)5-2)13-10-7-6-8-11-13/h4,6-8,10-12,14-15,17H,1,5,9,16H2,2-3H3. The van der Waals surface area contributed by atoms with Crippen molar-refractivity contribution in [3.05, 3.63) is 48.6 Å². The zero-order chi connectivity index (χ0) is 12.7. The summed E-state index contributed by atoms with van der Waals surface area (Å²) in [7, 11) is 0. The second-order valence-electron chi connectivity index (χ2n) is 4.62. The summed E-state index contributed by atoms with van der Waals surface area (Å²) < 4.78 is 0. The predicted octanol–water partition coefficient (Wildman–Crippen LogP) is 3.22.